The Morgan fingerprint density at radius 1 is 1.22 bits per heavy atom. The fourth-order valence-corrected chi connectivity index (χ4v) is 4.39. The Morgan fingerprint density at radius 2 is 1.96 bits per heavy atom. The molecule has 6 nitrogen and oxygen atoms in total. The van der Waals surface area contributed by atoms with E-state index in [1.807, 2.05) is 11.4 Å². The molecule has 2 aliphatic heterocycles. The SMILES string of the molecule is CC1C(=O)N(CC(=O)N2CCc3sccc3C2)C(=O)N1c1ccc(F)cc1. The molecule has 1 aromatic heterocycles. The van der Waals surface area contributed by atoms with Gasteiger partial charge in [0.05, 0.1) is 0 Å². The number of benzene rings is 1. The number of halogens is 1. The van der Waals surface area contributed by atoms with E-state index in [0.29, 0.717) is 18.8 Å². The van der Waals surface area contributed by atoms with Gasteiger partial charge < -0.3 is 4.90 Å². The number of carbonyl (C=O) groups excluding carboxylic acids is 3. The third-order valence-electron chi connectivity index (χ3n) is 5.01. The van der Waals surface area contributed by atoms with Crippen LogP contribution < -0.4 is 4.90 Å². The van der Waals surface area contributed by atoms with Crippen molar-refractivity contribution < 1.29 is 18.8 Å². The van der Waals surface area contributed by atoms with Gasteiger partial charge in [-0.2, -0.15) is 0 Å². The summed E-state index contributed by atoms with van der Waals surface area (Å²) in [5, 5.41) is 2.01. The smallest absolute Gasteiger partial charge is 0.332 e. The number of hydrogen-bond acceptors (Lipinski definition) is 4. The van der Waals surface area contributed by atoms with Crippen LogP contribution in [0.2, 0.25) is 0 Å². The summed E-state index contributed by atoms with van der Waals surface area (Å²) in [5.74, 6) is -1.10. The highest BCUT2D eigenvalue weighted by Crippen LogP contribution is 2.27. The van der Waals surface area contributed by atoms with Crippen molar-refractivity contribution in [1.29, 1.82) is 0 Å². The van der Waals surface area contributed by atoms with E-state index in [0.717, 1.165) is 16.9 Å². The van der Waals surface area contributed by atoms with Crippen molar-refractivity contribution in [1.82, 2.24) is 9.80 Å². The third-order valence-corrected chi connectivity index (χ3v) is 6.03. The Balaban J connectivity index is 1.49. The van der Waals surface area contributed by atoms with Crippen LogP contribution >= 0.6 is 11.3 Å². The van der Waals surface area contributed by atoms with E-state index in [-0.39, 0.29) is 12.5 Å². The second kappa shape index (κ2) is 6.77. The number of urea groups is 1. The number of carbonyl (C=O) groups is 3. The second-order valence-corrected chi connectivity index (χ2v) is 7.66. The molecule has 2 aromatic rings. The summed E-state index contributed by atoms with van der Waals surface area (Å²) < 4.78 is 13.2. The third kappa shape index (κ3) is 3.10. The van der Waals surface area contributed by atoms with E-state index in [4.69, 9.17) is 0 Å². The molecule has 0 N–H and O–H groups in total. The molecular weight excluding hydrogens is 369 g/mol. The molecule has 0 saturated carbocycles. The van der Waals surface area contributed by atoms with Gasteiger partial charge in [-0.05, 0) is 54.6 Å². The first-order valence-corrected chi connectivity index (χ1v) is 9.57. The molecule has 1 aromatic carbocycles. The van der Waals surface area contributed by atoms with E-state index in [1.54, 1.807) is 23.2 Å². The Bertz CT molecular complexity index is 911. The van der Waals surface area contributed by atoms with Crippen LogP contribution in [0.25, 0.3) is 0 Å². The minimum absolute atomic E-state index is 0.248. The number of nitrogens with zero attached hydrogens (tertiary/aromatic N) is 3. The van der Waals surface area contributed by atoms with Gasteiger partial charge >= 0.3 is 6.03 Å². The van der Waals surface area contributed by atoms with Gasteiger partial charge in [0.15, 0.2) is 0 Å². The van der Waals surface area contributed by atoms with Gasteiger partial charge in [-0.15, -0.1) is 11.3 Å². The maximum Gasteiger partial charge on any atom is 0.332 e. The standard InChI is InChI=1S/C19H18FN3O3S/c1-12-18(25)22(19(26)23(12)15-4-2-14(20)3-5-15)11-17(24)21-8-6-16-13(10-21)7-9-27-16/h2-5,7,9,12H,6,8,10-11H2,1H3. The molecule has 1 unspecified atom stereocenters. The molecule has 1 saturated heterocycles. The Morgan fingerprint density at radius 3 is 2.70 bits per heavy atom. The van der Waals surface area contributed by atoms with Crippen LogP contribution in [0.3, 0.4) is 0 Å². The summed E-state index contributed by atoms with van der Waals surface area (Å²) in [5.41, 5.74) is 1.55. The maximum atomic E-state index is 13.2. The second-order valence-electron chi connectivity index (χ2n) is 6.66. The lowest BCUT2D eigenvalue weighted by atomic mass is 10.1. The van der Waals surface area contributed by atoms with Crippen molar-refractivity contribution in [2.45, 2.75) is 25.9 Å². The lowest BCUT2D eigenvalue weighted by Gasteiger charge is -2.28. The van der Waals surface area contributed by atoms with Crippen LogP contribution in [0.5, 0.6) is 0 Å². The Labute approximate surface area is 159 Å². The van der Waals surface area contributed by atoms with Crippen molar-refractivity contribution in [3.8, 4) is 0 Å². The van der Waals surface area contributed by atoms with Crippen molar-refractivity contribution in [3.05, 3.63) is 52.0 Å². The summed E-state index contributed by atoms with van der Waals surface area (Å²) in [6.45, 7) is 2.41. The highest BCUT2D eigenvalue weighted by atomic mass is 32.1. The summed E-state index contributed by atoms with van der Waals surface area (Å²) in [4.78, 5) is 43.2. The van der Waals surface area contributed by atoms with E-state index in [9.17, 15) is 18.8 Å². The van der Waals surface area contributed by atoms with Gasteiger partial charge in [-0.1, -0.05) is 0 Å². The first kappa shape index (κ1) is 17.7. The molecule has 27 heavy (non-hydrogen) atoms. The summed E-state index contributed by atoms with van der Waals surface area (Å²) in [6, 6.07) is 6.08. The highest BCUT2D eigenvalue weighted by molar-refractivity contribution is 7.10. The molecule has 0 spiro atoms. The van der Waals surface area contributed by atoms with Gasteiger partial charge in [0.2, 0.25) is 5.91 Å². The number of rotatable bonds is 3. The fourth-order valence-electron chi connectivity index (χ4n) is 3.50. The average Bonchev–Trinajstić information content (AvgIpc) is 3.21. The zero-order valence-corrected chi connectivity index (χ0v) is 15.5. The number of fused-ring (bicyclic) bond motifs is 1. The normalized spacial score (nSPS) is 19.6. The monoisotopic (exact) mass is 387 g/mol. The minimum atomic E-state index is -0.736. The number of thiophene rings is 1. The van der Waals surface area contributed by atoms with Gasteiger partial charge in [0.1, 0.15) is 18.4 Å². The zero-order chi connectivity index (χ0) is 19.1. The predicted molar refractivity (Wildman–Crippen MR) is 98.9 cm³/mol. The molecule has 4 amide bonds. The molecule has 140 valence electrons. The van der Waals surface area contributed by atoms with Gasteiger partial charge in [0, 0.05) is 23.7 Å². The van der Waals surface area contributed by atoms with E-state index in [1.165, 1.54) is 34.0 Å². The number of anilines is 1. The molecule has 2 aliphatic rings. The number of amides is 4. The van der Waals surface area contributed by atoms with Crippen molar-refractivity contribution in [2.75, 3.05) is 18.0 Å². The molecule has 4 rings (SSSR count). The topological polar surface area (TPSA) is 60.9 Å². The molecule has 0 aliphatic carbocycles. The Hall–Kier alpha value is -2.74. The highest BCUT2D eigenvalue weighted by Gasteiger charge is 2.44. The van der Waals surface area contributed by atoms with Gasteiger partial charge in [-0.3, -0.25) is 19.4 Å². The van der Waals surface area contributed by atoms with Crippen molar-refractivity contribution in [3.63, 3.8) is 0 Å². The van der Waals surface area contributed by atoms with Crippen molar-refractivity contribution >= 4 is 34.9 Å². The number of imide groups is 1. The van der Waals surface area contributed by atoms with Crippen LogP contribution in [0, 0.1) is 5.82 Å². The largest absolute Gasteiger partial charge is 0.336 e. The van der Waals surface area contributed by atoms with E-state index >= 15 is 0 Å². The Kier molecular flexibility index (Phi) is 4.43. The van der Waals surface area contributed by atoms with Crippen LogP contribution in [0.4, 0.5) is 14.9 Å². The van der Waals surface area contributed by atoms with Crippen molar-refractivity contribution in [2.24, 2.45) is 0 Å². The molecule has 1 atom stereocenters. The van der Waals surface area contributed by atoms with Crippen LogP contribution in [0.15, 0.2) is 35.7 Å². The van der Waals surface area contributed by atoms with Crippen LogP contribution in [-0.2, 0) is 22.6 Å². The maximum absolute atomic E-state index is 13.2. The van der Waals surface area contributed by atoms with Crippen LogP contribution in [-0.4, -0.2) is 46.8 Å². The minimum Gasteiger partial charge on any atom is -0.336 e. The number of hydrogen-bond donors (Lipinski definition) is 0. The summed E-state index contributed by atoms with van der Waals surface area (Å²) in [6.07, 6.45) is 0.790. The average molecular weight is 387 g/mol. The van der Waals surface area contributed by atoms with Gasteiger partial charge in [-0.25, -0.2) is 9.18 Å². The van der Waals surface area contributed by atoms with Gasteiger partial charge in [0.25, 0.3) is 5.91 Å². The predicted octanol–water partition coefficient (Wildman–Crippen LogP) is 2.63. The first-order valence-electron chi connectivity index (χ1n) is 8.69. The first-order chi connectivity index (χ1) is 13.0. The summed E-state index contributed by atoms with van der Waals surface area (Å²) >= 11 is 1.68. The molecular formula is C19H18FN3O3S. The molecule has 0 bridgehead atoms. The quantitative estimate of drug-likeness (QED) is 0.761. The molecule has 8 heteroatoms. The molecule has 0 radical (unpaired) electrons. The van der Waals surface area contributed by atoms with E-state index < -0.39 is 23.8 Å². The fraction of sp³-hybridized carbons (Fsp3) is 0.316. The molecule has 1 fully saturated rings. The molecule has 3 heterocycles. The summed E-state index contributed by atoms with van der Waals surface area (Å²) in [7, 11) is 0. The zero-order valence-electron chi connectivity index (χ0n) is 14.7. The van der Waals surface area contributed by atoms with E-state index in [2.05, 4.69) is 0 Å². The lowest BCUT2D eigenvalue weighted by molar-refractivity contribution is -0.137. The lowest BCUT2D eigenvalue weighted by Crippen LogP contribution is -2.45. The van der Waals surface area contributed by atoms with Crippen LogP contribution in [0.1, 0.15) is 17.4 Å².